The molecule has 0 aromatic heterocycles. The zero-order chi connectivity index (χ0) is 18.5. The summed E-state index contributed by atoms with van der Waals surface area (Å²) in [6.45, 7) is 6.70. The Kier molecular flexibility index (Phi) is 5.66. The first-order chi connectivity index (χ1) is 12.6. The number of benzene rings is 2. The van der Waals surface area contributed by atoms with E-state index < -0.39 is 6.10 Å². The second-order valence-corrected chi connectivity index (χ2v) is 6.53. The number of fused-ring (bicyclic) bond motifs is 1. The van der Waals surface area contributed by atoms with Crippen molar-refractivity contribution in [1.82, 2.24) is 5.32 Å². The first-order valence-electron chi connectivity index (χ1n) is 8.97. The van der Waals surface area contributed by atoms with Crippen LogP contribution < -0.4 is 19.5 Å². The van der Waals surface area contributed by atoms with Crippen LogP contribution in [-0.2, 0) is 4.79 Å². The van der Waals surface area contributed by atoms with E-state index in [4.69, 9.17) is 14.2 Å². The molecule has 0 saturated heterocycles. The average Bonchev–Trinajstić information content (AvgIpc) is 2.66. The summed E-state index contributed by atoms with van der Waals surface area (Å²) in [5, 5.41) is 2.92. The first kappa shape index (κ1) is 18.1. The molecule has 1 aliphatic rings. The Morgan fingerprint density at radius 3 is 2.77 bits per heavy atom. The van der Waals surface area contributed by atoms with Crippen LogP contribution in [0.4, 0.5) is 0 Å². The lowest BCUT2D eigenvalue weighted by Gasteiger charge is -2.27. The van der Waals surface area contributed by atoms with E-state index in [1.54, 1.807) is 0 Å². The number of ether oxygens (including phenoxy) is 3. The minimum Gasteiger partial charge on any atom is -0.486 e. The Bertz CT molecular complexity index is 774. The number of aryl methyl sites for hydroxylation is 2. The second kappa shape index (κ2) is 8.13. The van der Waals surface area contributed by atoms with Crippen LogP contribution in [0.3, 0.4) is 0 Å². The third-order valence-electron chi connectivity index (χ3n) is 4.35. The van der Waals surface area contributed by atoms with Gasteiger partial charge in [0.25, 0.3) is 5.91 Å². The Balaban J connectivity index is 1.56. The number of rotatable bonds is 6. The van der Waals surface area contributed by atoms with Crippen molar-refractivity contribution < 1.29 is 19.0 Å². The first-order valence-corrected chi connectivity index (χ1v) is 8.97. The van der Waals surface area contributed by atoms with Gasteiger partial charge in [0.05, 0.1) is 6.54 Å². The molecule has 0 fully saturated rings. The summed E-state index contributed by atoms with van der Waals surface area (Å²) in [7, 11) is 0. The standard InChI is InChI=1S/C21H25NO4/c1-4-17(26-20-11-14(2)9-10-15(20)3)21(23)22-12-16-13-24-18-7-5-6-8-19(18)25-16/h5-11,16-17H,4,12-13H2,1-3H3,(H,22,23)/t16-,17-/m1/s1. The van der Waals surface area contributed by atoms with E-state index in [0.29, 0.717) is 25.3 Å². The molecule has 2 atom stereocenters. The molecule has 1 heterocycles. The molecule has 2 aromatic rings. The van der Waals surface area contributed by atoms with Crippen molar-refractivity contribution in [2.24, 2.45) is 0 Å². The lowest BCUT2D eigenvalue weighted by molar-refractivity contribution is -0.128. The van der Waals surface area contributed by atoms with E-state index >= 15 is 0 Å². The Labute approximate surface area is 154 Å². The zero-order valence-corrected chi connectivity index (χ0v) is 15.5. The highest BCUT2D eigenvalue weighted by molar-refractivity contribution is 5.81. The fraction of sp³-hybridized carbons (Fsp3) is 0.381. The highest BCUT2D eigenvalue weighted by Crippen LogP contribution is 2.30. The lowest BCUT2D eigenvalue weighted by atomic mass is 10.1. The Hall–Kier alpha value is -2.69. The van der Waals surface area contributed by atoms with Gasteiger partial charge in [-0.1, -0.05) is 31.2 Å². The molecule has 5 nitrogen and oxygen atoms in total. The Morgan fingerprint density at radius 2 is 2.00 bits per heavy atom. The summed E-state index contributed by atoms with van der Waals surface area (Å²) in [6, 6.07) is 13.5. The fourth-order valence-electron chi connectivity index (χ4n) is 2.80. The van der Waals surface area contributed by atoms with Crippen LogP contribution in [0.25, 0.3) is 0 Å². The number of para-hydroxylation sites is 2. The van der Waals surface area contributed by atoms with Crippen LogP contribution in [0.5, 0.6) is 17.2 Å². The molecule has 1 aliphatic heterocycles. The van der Waals surface area contributed by atoms with E-state index in [1.807, 2.05) is 63.2 Å². The minimum atomic E-state index is -0.535. The number of hydrogen-bond donors (Lipinski definition) is 1. The molecule has 0 bridgehead atoms. The predicted octanol–water partition coefficient (Wildman–Crippen LogP) is 3.42. The van der Waals surface area contributed by atoms with Gasteiger partial charge in [-0.2, -0.15) is 0 Å². The number of carbonyl (C=O) groups is 1. The molecular weight excluding hydrogens is 330 g/mol. The van der Waals surface area contributed by atoms with Gasteiger partial charge >= 0.3 is 0 Å². The van der Waals surface area contributed by atoms with Crippen LogP contribution in [-0.4, -0.2) is 31.3 Å². The smallest absolute Gasteiger partial charge is 0.261 e. The number of hydrogen-bond acceptors (Lipinski definition) is 4. The van der Waals surface area contributed by atoms with Crippen molar-refractivity contribution in [3.63, 3.8) is 0 Å². The number of carbonyl (C=O) groups excluding carboxylic acids is 1. The van der Waals surface area contributed by atoms with Crippen LogP contribution in [0.1, 0.15) is 24.5 Å². The minimum absolute atomic E-state index is 0.143. The van der Waals surface area contributed by atoms with Gasteiger partial charge in [0.15, 0.2) is 17.6 Å². The van der Waals surface area contributed by atoms with Crippen LogP contribution >= 0.6 is 0 Å². The summed E-state index contributed by atoms with van der Waals surface area (Å²) in [4.78, 5) is 12.5. The molecule has 0 spiro atoms. The summed E-state index contributed by atoms with van der Waals surface area (Å²) in [5.41, 5.74) is 2.12. The van der Waals surface area contributed by atoms with Crippen molar-refractivity contribution in [3.05, 3.63) is 53.6 Å². The van der Waals surface area contributed by atoms with Gasteiger partial charge < -0.3 is 19.5 Å². The molecule has 3 rings (SSSR count). The quantitative estimate of drug-likeness (QED) is 0.863. The maximum Gasteiger partial charge on any atom is 0.261 e. The molecule has 2 aromatic carbocycles. The van der Waals surface area contributed by atoms with Crippen molar-refractivity contribution in [2.75, 3.05) is 13.2 Å². The average molecular weight is 355 g/mol. The van der Waals surface area contributed by atoms with E-state index in [2.05, 4.69) is 5.32 Å². The molecule has 0 aliphatic carbocycles. The zero-order valence-electron chi connectivity index (χ0n) is 15.5. The molecule has 1 N–H and O–H groups in total. The maximum absolute atomic E-state index is 12.5. The third-order valence-corrected chi connectivity index (χ3v) is 4.35. The maximum atomic E-state index is 12.5. The summed E-state index contributed by atoms with van der Waals surface area (Å²) in [5.74, 6) is 2.05. The van der Waals surface area contributed by atoms with E-state index in [0.717, 1.165) is 22.6 Å². The van der Waals surface area contributed by atoms with Gasteiger partial charge in [-0.25, -0.2) is 0 Å². The van der Waals surface area contributed by atoms with E-state index in [9.17, 15) is 4.79 Å². The normalized spacial score (nSPS) is 16.7. The molecule has 26 heavy (non-hydrogen) atoms. The van der Waals surface area contributed by atoms with Crippen LogP contribution in [0.15, 0.2) is 42.5 Å². The lowest BCUT2D eigenvalue weighted by Crippen LogP contribution is -2.45. The summed E-state index contributed by atoms with van der Waals surface area (Å²) in [6.07, 6.45) is -0.163. The molecule has 0 radical (unpaired) electrons. The highest BCUT2D eigenvalue weighted by atomic mass is 16.6. The van der Waals surface area contributed by atoms with E-state index in [-0.39, 0.29) is 12.0 Å². The molecular formula is C21H25NO4. The van der Waals surface area contributed by atoms with Crippen molar-refractivity contribution in [3.8, 4) is 17.2 Å². The monoisotopic (exact) mass is 355 g/mol. The fourth-order valence-corrected chi connectivity index (χ4v) is 2.80. The van der Waals surface area contributed by atoms with E-state index in [1.165, 1.54) is 0 Å². The van der Waals surface area contributed by atoms with Gasteiger partial charge in [-0.05, 0) is 49.6 Å². The molecule has 0 saturated carbocycles. The van der Waals surface area contributed by atoms with Crippen LogP contribution in [0.2, 0.25) is 0 Å². The van der Waals surface area contributed by atoms with Gasteiger partial charge in [-0.3, -0.25) is 4.79 Å². The molecule has 5 heteroatoms. The van der Waals surface area contributed by atoms with Crippen molar-refractivity contribution in [2.45, 2.75) is 39.4 Å². The van der Waals surface area contributed by atoms with Crippen LogP contribution in [0, 0.1) is 13.8 Å². The summed E-state index contributed by atoms with van der Waals surface area (Å²) < 4.78 is 17.5. The molecule has 0 unspecified atom stereocenters. The second-order valence-electron chi connectivity index (χ2n) is 6.53. The molecule has 1 amide bonds. The predicted molar refractivity (Wildman–Crippen MR) is 100.0 cm³/mol. The number of amides is 1. The van der Waals surface area contributed by atoms with Gasteiger partial charge in [0.2, 0.25) is 0 Å². The van der Waals surface area contributed by atoms with Gasteiger partial charge in [-0.15, -0.1) is 0 Å². The van der Waals surface area contributed by atoms with Crippen molar-refractivity contribution >= 4 is 5.91 Å². The van der Waals surface area contributed by atoms with Gasteiger partial charge in [0, 0.05) is 0 Å². The Morgan fingerprint density at radius 1 is 1.23 bits per heavy atom. The highest BCUT2D eigenvalue weighted by Gasteiger charge is 2.24. The number of nitrogens with one attached hydrogen (secondary N) is 1. The largest absolute Gasteiger partial charge is 0.486 e. The van der Waals surface area contributed by atoms with Gasteiger partial charge in [0.1, 0.15) is 18.5 Å². The summed E-state index contributed by atoms with van der Waals surface area (Å²) >= 11 is 0. The third kappa shape index (κ3) is 4.28. The van der Waals surface area contributed by atoms with Crippen molar-refractivity contribution in [1.29, 1.82) is 0 Å². The topological polar surface area (TPSA) is 56.8 Å². The SMILES string of the molecule is CC[C@@H](Oc1cc(C)ccc1C)C(=O)NC[C@@H]1COc2ccccc2O1. The molecule has 138 valence electrons.